The maximum absolute atomic E-state index is 5.88. The van der Waals surface area contributed by atoms with Crippen molar-refractivity contribution in [1.29, 1.82) is 0 Å². The Morgan fingerprint density at radius 2 is 1.95 bits per heavy atom. The largest absolute Gasteiger partial charge is 0.389 e. The fourth-order valence-electron chi connectivity index (χ4n) is 2.28. The number of thiocarbonyl (C=S) groups is 1. The summed E-state index contributed by atoms with van der Waals surface area (Å²) >= 11 is 8.75. The molecular formula is C15H23BrN2S. The molecule has 0 unspecified atom stereocenters. The van der Waals surface area contributed by atoms with Gasteiger partial charge in [-0.05, 0) is 40.9 Å². The highest BCUT2D eigenvalue weighted by Crippen LogP contribution is 2.29. The summed E-state index contributed by atoms with van der Waals surface area (Å²) in [5.74, 6) is 0.707. The molecule has 0 saturated carbocycles. The molecule has 0 fully saturated rings. The molecule has 0 saturated heterocycles. The van der Waals surface area contributed by atoms with Gasteiger partial charge in [0.25, 0.3) is 0 Å². The Balaban J connectivity index is 3.11. The van der Waals surface area contributed by atoms with Crippen molar-refractivity contribution in [1.82, 2.24) is 0 Å². The minimum atomic E-state index is 0.450. The second-order valence-corrected chi connectivity index (χ2v) is 6.01. The highest BCUT2D eigenvalue weighted by atomic mass is 79.9. The predicted molar refractivity (Wildman–Crippen MR) is 92.0 cm³/mol. The van der Waals surface area contributed by atoms with Crippen LogP contribution in [0.1, 0.15) is 39.2 Å². The van der Waals surface area contributed by atoms with Crippen molar-refractivity contribution in [3.05, 3.63) is 28.2 Å². The molecule has 2 N–H and O–H groups in total. The van der Waals surface area contributed by atoms with E-state index in [1.165, 1.54) is 12.8 Å². The van der Waals surface area contributed by atoms with Crippen molar-refractivity contribution in [2.75, 3.05) is 18.0 Å². The summed E-state index contributed by atoms with van der Waals surface area (Å²) in [5.41, 5.74) is 7.96. The van der Waals surface area contributed by atoms with Gasteiger partial charge < -0.3 is 10.6 Å². The first-order valence-electron chi connectivity index (χ1n) is 6.88. The lowest BCUT2D eigenvalue weighted by atomic mass is 10.0. The van der Waals surface area contributed by atoms with Crippen LogP contribution in [0, 0.1) is 5.92 Å². The molecule has 0 radical (unpaired) electrons. The molecule has 0 heterocycles. The maximum atomic E-state index is 5.88. The summed E-state index contributed by atoms with van der Waals surface area (Å²) in [7, 11) is 0. The van der Waals surface area contributed by atoms with Crippen molar-refractivity contribution in [3.63, 3.8) is 0 Å². The van der Waals surface area contributed by atoms with Gasteiger partial charge in [0.05, 0.1) is 0 Å². The Bertz CT molecular complexity index is 430. The molecule has 0 aliphatic heterocycles. The van der Waals surface area contributed by atoms with Gasteiger partial charge in [-0.25, -0.2) is 0 Å². The monoisotopic (exact) mass is 342 g/mol. The number of hydrogen-bond acceptors (Lipinski definition) is 2. The summed E-state index contributed by atoms with van der Waals surface area (Å²) in [6, 6.07) is 6.13. The van der Waals surface area contributed by atoms with E-state index in [0.29, 0.717) is 10.9 Å². The second-order valence-electron chi connectivity index (χ2n) is 4.72. The summed E-state index contributed by atoms with van der Waals surface area (Å²) in [6.07, 6.45) is 2.40. The van der Waals surface area contributed by atoms with Gasteiger partial charge >= 0.3 is 0 Å². The Morgan fingerprint density at radius 3 is 2.42 bits per heavy atom. The molecule has 0 aromatic heterocycles. The molecule has 0 atom stereocenters. The van der Waals surface area contributed by atoms with E-state index >= 15 is 0 Å². The van der Waals surface area contributed by atoms with Crippen molar-refractivity contribution in [2.45, 2.75) is 33.6 Å². The van der Waals surface area contributed by atoms with Crippen LogP contribution >= 0.6 is 28.1 Å². The highest BCUT2D eigenvalue weighted by Gasteiger charge is 2.16. The van der Waals surface area contributed by atoms with Crippen LogP contribution in [0.4, 0.5) is 5.69 Å². The van der Waals surface area contributed by atoms with Crippen molar-refractivity contribution < 1.29 is 0 Å². The number of benzene rings is 1. The van der Waals surface area contributed by atoms with Crippen LogP contribution in [0.15, 0.2) is 22.7 Å². The number of nitrogens with zero attached hydrogens (tertiary/aromatic N) is 1. The third-order valence-electron chi connectivity index (χ3n) is 3.59. The third kappa shape index (κ3) is 4.18. The first-order chi connectivity index (χ1) is 9.04. The Labute approximate surface area is 130 Å². The minimum absolute atomic E-state index is 0.450. The summed E-state index contributed by atoms with van der Waals surface area (Å²) in [6.45, 7) is 8.68. The molecule has 4 heteroatoms. The van der Waals surface area contributed by atoms with E-state index in [2.05, 4.69) is 47.7 Å². The topological polar surface area (TPSA) is 29.3 Å². The molecule has 1 aromatic rings. The quantitative estimate of drug-likeness (QED) is 0.747. The fraction of sp³-hybridized carbons (Fsp3) is 0.533. The summed E-state index contributed by atoms with van der Waals surface area (Å²) < 4.78 is 0.973. The lowest BCUT2D eigenvalue weighted by Gasteiger charge is -2.29. The Hall–Kier alpha value is -0.610. The van der Waals surface area contributed by atoms with Crippen LogP contribution in [0.3, 0.4) is 0 Å². The SMILES string of the molecule is CCC(CC)CN(CC)c1cccc(Br)c1C(N)=S. The molecule has 0 spiro atoms. The van der Waals surface area contributed by atoms with E-state index in [0.717, 1.165) is 28.8 Å². The van der Waals surface area contributed by atoms with Crippen molar-refractivity contribution in [2.24, 2.45) is 11.7 Å². The third-order valence-corrected chi connectivity index (χ3v) is 4.46. The van der Waals surface area contributed by atoms with Gasteiger partial charge in [-0.2, -0.15) is 0 Å². The number of nitrogens with two attached hydrogens (primary N) is 1. The van der Waals surface area contributed by atoms with E-state index in [1.54, 1.807) is 0 Å². The van der Waals surface area contributed by atoms with Gasteiger partial charge in [0.1, 0.15) is 4.99 Å². The summed E-state index contributed by atoms with van der Waals surface area (Å²) in [5, 5.41) is 0. The molecule has 1 aromatic carbocycles. The molecule has 1 rings (SSSR count). The van der Waals surface area contributed by atoms with Crippen LogP contribution in [0.5, 0.6) is 0 Å². The molecule has 0 aliphatic rings. The number of rotatable bonds is 7. The molecule has 106 valence electrons. The zero-order valence-electron chi connectivity index (χ0n) is 11.9. The highest BCUT2D eigenvalue weighted by molar-refractivity contribution is 9.10. The van der Waals surface area contributed by atoms with Gasteiger partial charge in [-0.3, -0.25) is 0 Å². The zero-order valence-corrected chi connectivity index (χ0v) is 14.4. The van der Waals surface area contributed by atoms with Crippen LogP contribution < -0.4 is 10.6 Å². The standard InChI is InChI=1S/C15H23BrN2S/c1-4-11(5-2)10-18(6-3)13-9-7-8-12(16)14(13)15(17)19/h7-9,11H,4-6,10H2,1-3H3,(H2,17,19). The lowest BCUT2D eigenvalue weighted by Crippen LogP contribution is -2.31. The normalized spacial score (nSPS) is 10.8. The van der Waals surface area contributed by atoms with Gasteiger partial charge in [0.15, 0.2) is 0 Å². The smallest absolute Gasteiger partial charge is 0.107 e. The van der Waals surface area contributed by atoms with Crippen LogP contribution in [0.2, 0.25) is 0 Å². The Kier molecular flexibility index (Phi) is 6.80. The molecule has 0 bridgehead atoms. The van der Waals surface area contributed by atoms with Crippen molar-refractivity contribution in [3.8, 4) is 0 Å². The molecule has 19 heavy (non-hydrogen) atoms. The molecule has 0 amide bonds. The van der Waals surface area contributed by atoms with E-state index in [9.17, 15) is 0 Å². The molecule has 2 nitrogen and oxygen atoms in total. The first kappa shape index (κ1) is 16.4. The predicted octanol–water partition coefficient (Wildman–Crippen LogP) is 4.35. The fourth-order valence-corrected chi connectivity index (χ4v) is 3.19. The Morgan fingerprint density at radius 1 is 1.32 bits per heavy atom. The van der Waals surface area contributed by atoms with E-state index in [4.69, 9.17) is 18.0 Å². The number of hydrogen-bond donors (Lipinski definition) is 1. The van der Waals surface area contributed by atoms with Gasteiger partial charge in [0.2, 0.25) is 0 Å². The molecular weight excluding hydrogens is 320 g/mol. The first-order valence-corrected chi connectivity index (χ1v) is 8.08. The lowest BCUT2D eigenvalue weighted by molar-refractivity contribution is 0.486. The average molecular weight is 343 g/mol. The average Bonchev–Trinajstić information content (AvgIpc) is 2.39. The summed E-state index contributed by atoms with van der Waals surface area (Å²) in [4.78, 5) is 2.82. The molecule has 0 aliphatic carbocycles. The number of anilines is 1. The van der Waals surface area contributed by atoms with Crippen LogP contribution in [-0.2, 0) is 0 Å². The van der Waals surface area contributed by atoms with Gasteiger partial charge in [0, 0.05) is 28.8 Å². The van der Waals surface area contributed by atoms with E-state index < -0.39 is 0 Å². The van der Waals surface area contributed by atoms with Crippen molar-refractivity contribution >= 4 is 38.8 Å². The zero-order chi connectivity index (χ0) is 14.4. The van der Waals surface area contributed by atoms with E-state index in [1.807, 2.05) is 12.1 Å². The van der Waals surface area contributed by atoms with Gasteiger partial charge in [-0.1, -0.05) is 45.0 Å². The van der Waals surface area contributed by atoms with E-state index in [-0.39, 0.29) is 0 Å². The second kappa shape index (κ2) is 7.85. The number of halogens is 1. The van der Waals surface area contributed by atoms with Crippen LogP contribution in [-0.4, -0.2) is 18.1 Å². The van der Waals surface area contributed by atoms with Gasteiger partial charge in [-0.15, -0.1) is 0 Å². The minimum Gasteiger partial charge on any atom is -0.389 e. The maximum Gasteiger partial charge on any atom is 0.107 e. The van der Waals surface area contributed by atoms with Crippen LogP contribution in [0.25, 0.3) is 0 Å².